The molecule has 0 unspecified atom stereocenters. The molecule has 50 heavy (non-hydrogen) atoms. The fraction of sp³-hybridized carbons (Fsp3) is 0.457. The third-order valence-electron chi connectivity index (χ3n) is 7.68. The van der Waals surface area contributed by atoms with Crippen molar-refractivity contribution < 1.29 is 46.4 Å². The van der Waals surface area contributed by atoms with E-state index in [0.717, 1.165) is 41.6 Å². The number of hydrazone groups is 1. The van der Waals surface area contributed by atoms with Crippen LogP contribution in [0.1, 0.15) is 62.6 Å². The van der Waals surface area contributed by atoms with Gasteiger partial charge in [0.25, 0.3) is 11.8 Å². The highest BCUT2D eigenvalue weighted by Crippen LogP contribution is 2.44. The van der Waals surface area contributed by atoms with E-state index < -0.39 is 28.6 Å². The van der Waals surface area contributed by atoms with Crippen molar-refractivity contribution >= 4 is 46.0 Å². The standard InChI is InChI=1S/C35H41ClF3N3O7S/c1-34(2)10-9-26-29(21-34)50-33(30(26)32(44)42-40-22-23-7-8-28(36)27(19-23)35(37,38)39)41-31(43)24-5-4-6-25(20-24)49-18-17-48-16-15-47-14-13-46-12-11-45-3/h4-8,19-20,22H,9-18,21H2,1-3H3,(H,41,43)(H,42,44)/b40-22+. The van der Waals surface area contributed by atoms with Crippen molar-refractivity contribution in [1.29, 1.82) is 0 Å². The molecule has 4 rings (SSSR count). The van der Waals surface area contributed by atoms with Crippen LogP contribution in [0, 0.1) is 5.41 Å². The number of hydrogen-bond acceptors (Lipinski definition) is 9. The third kappa shape index (κ3) is 11.8. The van der Waals surface area contributed by atoms with E-state index in [1.54, 1.807) is 31.4 Å². The predicted octanol–water partition coefficient (Wildman–Crippen LogP) is 7.03. The molecule has 0 saturated heterocycles. The summed E-state index contributed by atoms with van der Waals surface area (Å²) < 4.78 is 66.8. The first-order valence-corrected chi connectivity index (χ1v) is 17.2. The number of anilines is 1. The Morgan fingerprint density at radius 3 is 2.32 bits per heavy atom. The van der Waals surface area contributed by atoms with E-state index in [-0.39, 0.29) is 23.1 Å². The Morgan fingerprint density at radius 1 is 0.960 bits per heavy atom. The quantitative estimate of drug-likeness (QED) is 0.0818. The van der Waals surface area contributed by atoms with E-state index >= 15 is 0 Å². The van der Waals surface area contributed by atoms with Crippen LogP contribution in [0.2, 0.25) is 5.02 Å². The molecule has 0 saturated carbocycles. The van der Waals surface area contributed by atoms with Crippen LogP contribution in [0.5, 0.6) is 5.75 Å². The number of hydrogen-bond donors (Lipinski definition) is 2. The number of nitrogens with one attached hydrogen (secondary N) is 2. The summed E-state index contributed by atoms with van der Waals surface area (Å²) in [5.74, 6) is -0.552. The molecule has 0 atom stereocenters. The molecule has 1 aliphatic rings. The van der Waals surface area contributed by atoms with Crippen LogP contribution in [0.15, 0.2) is 47.6 Å². The Morgan fingerprint density at radius 2 is 1.64 bits per heavy atom. The van der Waals surface area contributed by atoms with E-state index in [0.29, 0.717) is 69.0 Å². The second-order valence-corrected chi connectivity index (χ2v) is 13.7. The van der Waals surface area contributed by atoms with Gasteiger partial charge < -0.3 is 29.0 Å². The number of alkyl halides is 3. The maximum atomic E-state index is 13.5. The lowest BCUT2D eigenvalue weighted by Crippen LogP contribution is -2.25. The number of ether oxygens (including phenoxy) is 5. The van der Waals surface area contributed by atoms with Crippen LogP contribution < -0.4 is 15.5 Å². The summed E-state index contributed by atoms with van der Waals surface area (Å²) in [5, 5.41) is 6.72. The second kappa shape index (κ2) is 18.6. The van der Waals surface area contributed by atoms with Gasteiger partial charge in [0.05, 0.1) is 68.6 Å². The van der Waals surface area contributed by atoms with Gasteiger partial charge >= 0.3 is 6.18 Å². The molecule has 272 valence electrons. The van der Waals surface area contributed by atoms with E-state index in [2.05, 4.69) is 29.7 Å². The number of benzene rings is 2. The van der Waals surface area contributed by atoms with Gasteiger partial charge in [-0.15, -0.1) is 11.3 Å². The van der Waals surface area contributed by atoms with E-state index in [4.69, 9.17) is 35.3 Å². The van der Waals surface area contributed by atoms with Crippen LogP contribution >= 0.6 is 22.9 Å². The summed E-state index contributed by atoms with van der Waals surface area (Å²) in [6.07, 6.45) is -1.36. The molecule has 1 heterocycles. The summed E-state index contributed by atoms with van der Waals surface area (Å²) in [7, 11) is 1.61. The molecule has 2 aromatic carbocycles. The van der Waals surface area contributed by atoms with Crippen LogP contribution in [0.25, 0.3) is 0 Å². The van der Waals surface area contributed by atoms with Gasteiger partial charge in [-0.25, -0.2) is 5.43 Å². The van der Waals surface area contributed by atoms with Crippen LogP contribution in [0.4, 0.5) is 18.2 Å². The molecule has 15 heteroatoms. The monoisotopic (exact) mass is 739 g/mol. The zero-order chi connectivity index (χ0) is 36.1. The Labute approximate surface area is 298 Å². The molecule has 3 aromatic rings. The van der Waals surface area contributed by atoms with Gasteiger partial charge in [-0.2, -0.15) is 18.3 Å². The van der Waals surface area contributed by atoms with Gasteiger partial charge in [0.15, 0.2) is 0 Å². The average molecular weight is 740 g/mol. The number of nitrogens with zero attached hydrogens (tertiary/aromatic N) is 1. The second-order valence-electron chi connectivity index (χ2n) is 12.1. The summed E-state index contributed by atoms with van der Waals surface area (Å²) in [6.45, 7) is 7.69. The summed E-state index contributed by atoms with van der Waals surface area (Å²) in [5.41, 5.74) is 2.95. The number of amides is 2. The minimum Gasteiger partial charge on any atom is -0.491 e. The molecule has 2 N–H and O–H groups in total. The molecule has 2 amide bonds. The number of methoxy groups -OCH3 is 1. The average Bonchev–Trinajstić information content (AvgIpc) is 3.41. The van der Waals surface area contributed by atoms with Crippen LogP contribution in [-0.4, -0.2) is 78.0 Å². The lowest BCUT2D eigenvalue weighted by Gasteiger charge is -2.29. The molecule has 1 aromatic heterocycles. The van der Waals surface area contributed by atoms with Crippen LogP contribution in [0.3, 0.4) is 0 Å². The Hall–Kier alpha value is -3.53. The predicted molar refractivity (Wildman–Crippen MR) is 186 cm³/mol. The minimum absolute atomic E-state index is 0.0112. The summed E-state index contributed by atoms with van der Waals surface area (Å²) in [6, 6.07) is 9.99. The van der Waals surface area contributed by atoms with Gasteiger partial charge in [-0.05, 0) is 66.1 Å². The van der Waals surface area contributed by atoms with Gasteiger partial charge in [-0.3, -0.25) is 9.59 Å². The normalized spacial score (nSPS) is 14.1. The smallest absolute Gasteiger partial charge is 0.417 e. The van der Waals surface area contributed by atoms with Gasteiger partial charge in [0.1, 0.15) is 17.4 Å². The first kappa shape index (κ1) is 39.3. The van der Waals surface area contributed by atoms with Crippen molar-refractivity contribution in [3.05, 3.63) is 80.2 Å². The van der Waals surface area contributed by atoms with Gasteiger partial charge in [0, 0.05) is 17.6 Å². The fourth-order valence-corrected chi connectivity index (χ4v) is 6.82. The number of carbonyl (C=O) groups is 2. The number of thiophene rings is 1. The van der Waals surface area contributed by atoms with Crippen molar-refractivity contribution in [2.24, 2.45) is 10.5 Å². The molecule has 10 nitrogen and oxygen atoms in total. The van der Waals surface area contributed by atoms with Crippen molar-refractivity contribution in [2.75, 3.05) is 65.3 Å². The highest BCUT2D eigenvalue weighted by Gasteiger charge is 2.34. The van der Waals surface area contributed by atoms with Crippen molar-refractivity contribution in [1.82, 2.24) is 5.43 Å². The number of halogens is 4. The number of fused-ring (bicyclic) bond motifs is 1. The Kier molecular flexibility index (Phi) is 14.6. The molecule has 0 spiro atoms. The zero-order valence-electron chi connectivity index (χ0n) is 28.1. The van der Waals surface area contributed by atoms with Crippen molar-refractivity contribution in [3.63, 3.8) is 0 Å². The minimum atomic E-state index is -4.64. The Balaban J connectivity index is 1.35. The molecule has 1 aliphatic carbocycles. The summed E-state index contributed by atoms with van der Waals surface area (Å²) >= 11 is 7.04. The maximum absolute atomic E-state index is 13.5. The highest BCUT2D eigenvalue weighted by molar-refractivity contribution is 7.17. The lowest BCUT2D eigenvalue weighted by atomic mass is 9.77. The van der Waals surface area contributed by atoms with Gasteiger partial charge in [-0.1, -0.05) is 37.6 Å². The molecule has 0 aliphatic heterocycles. The number of carbonyl (C=O) groups excluding carboxylic acids is 2. The molecular weight excluding hydrogens is 699 g/mol. The largest absolute Gasteiger partial charge is 0.491 e. The maximum Gasteiger partial charge on any atom is 0.417 e. The highest BCUT2D eigenvalue weighted by atomic mass is 35.5. The van der Waals surface area contributed by atoms with Crippen molar-refractivity contribution in [3.8, 4) is 5.75 Å². The molecule has 0 bridgehead atoms. The summed E-state index contributed by atoms with van der Waals surface area (Å²) in [4.78, 5) is 27.9. The van der Waals surface area contributed by atoms with E-state index in [1.165, 1.54) is 17.4 Å². The fourth-order valence-electron chi connectivity index (χ4n) is 5.10. The van der Waals surface area contributed by atoms with E-state index in [1.807, 2.05) is 0 Å². The third-order valence-corrected chi connectivity index (χ3v) is 9.16. The Bertz CT molecular complexity index is 1630. The lowest BCUT2D eigenvalue weighted by molar-refractivity contribution is -0.137. The molecule has 0 radical (unpaired) electrons. The van der Waals surface area contributed by atoms with Crippen LogP contribution in [-0.2, 0) is 38.0 Å². The first-order chi connectivity index (χ1) is 23.9. The molecular formula is C35H41ClF3N3O7S. The van der Waals surface area contributed by atoms with Crippen molar-refractivity contribution in [2.45, 2.75) is 39.3 Å². The molecule has 0 fully saturated rings. The first-order valence-electron chi connectivity index (χ1n) is 16.0. The van der Waals surface area contributed by atoms with E-state index in [9.17, 15) is 22.8 Å². The SMILES string of the molecule is COCCOCCOCCOCCOc1cccc(C(=O)Nc2sc3c(c2C(=O)N/N=C/c2ccc(Cl)c(C(F)(F)F)c2)CCC(C)(C)C3)c1. The van der Waals surface area contributed by atoms with Gasteiger partial charge in [0.2, 0.25) is 0 Å². The topological polar surface area (TPSA) is 117 Å². The number of rotatable bonds is 18. The zero-order valence-corrected chi connectivity index (χ0v) is 29.7.